The minimum absolute atomic E-state index is 0.485. The molecule has 1 atom stereocenters. The van der Waals surface area contributed by atoms with Gasteiger partial charge in [0.2, 0.25) is 0 Å². The second-order valence-electron chi connectivity index (χ2n) is 2.72. The molecule has 76 valence electrons. The van der Waals surface area contributed by atoms with Crippen molar-refractivity contribution in [2.75, 3.05) is 7.05 Å². The molecule has 3 heteroatoms. The zero-order valence-electron chi connectivity index (χ0n) is 8.71. The lowest BCUT2D eigenvalue weighted by atomic mass is 10.0. The van der Waals surface area contributed by atoms with E-state index in [0.717, 1.165) is 19.3 Å². The van der Waals surface area contributed by atoms with Crippen LogP contribution >= 0.6 is 0 Å². The molecule has 0 aromatic heterocycles. The summed E-state index contributed by atoms with van der Waals surface area (Å²) in [7, 11) is 1.50. The first-order valence-electron chi connectivity index (χ1n) is 4.46. The van der Waals surface area contributed by atoms with E-state index in [0.29, 0.717) is 6.42 Å². The van der Waals surface area contributed by atoms with Gasteiger partial charge in [0, 0.05) is 6.42 Å². The molecule has 0 radical (unpaired) electrons. The molecule has 0 aliphatic heterocycles. The maximum Gasteiger partial charge on any atom is 0.108 e. The quantitative estimate of drug-likeness (QED) is 0.495. The van der Waals surface area contributed by atoms with Gasteiger partial charge in [-0.3, -0.25) is 4.99 Å². The molecule has 0 fully saturated rings. The summed E-state index contributed by atoms with van der Waals surface area (Å²) in [5.74, 6) is 2.55. The summed E-state index contributed by atoms with van der Waals surface area (Å²) in [5, 5.41) is 0. The van der Waals surface area contributed by atoms with Gasteiger partial charge in [0.25, 0.3) is 0 Å². The zero-order valence-corrected chi connectivity index (χ0v) is 8.71. The zero-order chi connectivity index (χ0) is 10.7. The molecule has 0 amide bonds. The highest BCUT2D eigenvalue weighted by Gasteiger charge is 2.19. The van der Waals surface area contributed by atoms with E-state index in [2.05, 4.69) is 30.3 Å². The Hall–Kier alpha value is -0.850. The van der Waals surface area contributed by atoms with Gasteiger partial charge in [-0.15, -0.1) is 12.3 Å². The lowest BCUT2D eigenvalue weighted by molar-refractivity contribution is 0.385. The molecule has 1 unspecified atom stereocenters. The lowest BCUT2D eigenvalue weighted by Crippen LogP contribution is -2.36. The summed E-state index contributed by atoms with van der Waals surface area (Å²) >= 11 is 0. The van der Waals surface area contributed by atoms with E-state index >= 15 is 0 Å². The largest absolute Gasteiger partial charge is 0.333 e. The molecule has 3 nitrogen and oxygen atoms in total. The van der Waals surface area contributed by atoms with Crippen LogP contribution < -0.4 is 11.5 Å². The predicted octanol–water partition coefficient (Wildman–Crippen LogP) is 1.13. The van der Waals surface area contributed by atoms with Gasteiger partial charge < -0.3 is 11.5 Å². The SMILES string of the molecule is C#CCCC(N)(CCC)N=C.CN. The highest BCUT2D eigenvalue weighted by Crippen LogP contribution is 2.16. The number of nitrogens with two attached hydrogens (primary N) is 2. The molecular weight excluding hydrogens is 162 g/mol. The lowest BCUT2D eigenvalue weighted by Gasteiger charge is -2.22. The maximum atomic E-state index is 5.87. The number of aliphatic imine (C=N–C) groups is 1. The average Bonchev–Trinajstić information content (AvgIpc) is 2.18. The fourth-order valence-corrected chi connectivity index (χ4v) is 1.00. The van der Waals surface area contributed by atoms with Crippen LogP contribution in [-0.2, 0) is 0 Å². The van der Waals surface area contributed by atoms with Crippen molar-refractivity contribution in [3.63, 3.8) is 0 Å². The van der Waals surface area contributed by atoms with Crippen molar-refractivity contribution in [3.8, 4) is 12.3 Å². The van der Waals surface area contributed by atoms with Gasteiger partial charge in [-0.2, -0.15) is 0 Å². The molecule has 0 aromatic carbocycles. The summed E-state index contributed by atoms with van der Waals surface area (Å²) in [4.78, 5) is 3.88. The smallest absolute Gasteiger partial charge is 0.108 e. The molecule has 0 rings (SSSR count). The van der Waals surface area contributed by atoms with Crippen molar-refractivity contribution in [1.29, 1.82) is 0 Å². The molecule has 0 saturated carbocycles. The molecule has 0 aliphatic carbocycles. The Balaban J connectivity index is 0. The number of rotatable bonds is 5. The average molecular weight is 183 g/mol. The molecule has 4 N–H and O–H groups in total. The van der Waals surface area contributed by atoms with Crippen molar-refractivity contribution >= 4 is 6.72 Å². The molecule has 0 aromatic rings. The van der Waals surface area contributed by atoms with Crippen LogP contribution in [0.25, 0.3) is 0 Å². The van der Waals surface area contributed by atoms with E-state index in [1.165, 1.54) is 7.05 Å². The van der Waals surface area contributed by atoms with Gasteiger partial charge in [0.15, 0.2) is 0 Å². The topological polar surface area (TPSA) is 64.4 Å². The Morgan fingerprint density at radius 2 is 2.00 bits per heavy atom. The van der Waals surface area contributed by atoms with E-state index in [4.69, 9.17) is 12.2 Å². The third kappa shape index (κ3) is 7.51. The third-order valence-electron chi connectivity index (χ3n) is 1.70. The maximum absolute atomic E-state index is 5.87. The molecule has 0 saturated heterocycles. The van der Waals surface area contributed by atoms with Gasteiger partial charge in [-0.05, 0) is 26.6 Å². The number of terminal acetylenes is 1. The summed E-state index contributed by atoms with van der Waals surface area (Å²) in [5.41, 5.74) is 9.88. The van der Waals surface area contributed by atoms with Crippen LogP contribution in [0.15, 0.2) is 4.99 Å². The van der Waals surface area contributed by atoms with Crippen LogP contribution in [0.1, 0.15) is 32.6 Å². The molecular formula is C10H21N3. The first-order chi connectivity index (χ1) is 6.18. The van der Waals surface area contributed by atoms with Crippen molar-refractivity contribution in [2.45, 2.75) is 38.3 Å². The van der Waals surface area contributed by atoms with Crippen LogP contribution in [0, 0.1) is 12.3 Å². The Bertz CT molecular complexity index is 160. The highest BCUT2D eigenvalue weighted by atomic mass is 15.0. The Labute approximate surface area is 81.6 Å². The number of hydrogen-bond donors (Lipinski definition) is 2. The fraction of sp³-hybridized carbons (Fsp3) is 0.700. The predicted molar refractivity (Wildman–Crippen MR) is 59.6 cm³/mol. The van der Waals surface area contributed by atoms with Crippen molar-refractivity contribution in [2.24, 2.45) is 16.5 Å². The van der Waals surface area contributed by atoms with E-state index in [1.54, 1.807) is 0 Å². The van der Waals surface area contributed by atoms with Gasteiger partial charge in [0.1, 0.15) is 5.66 Å². The van der Waals surface area contributed by atoms with Gasteiger partial charge >= 0.3 is 0 Å². The molecule has 13 heavy (non-hydrogen) atoms. The second-order valence-corrected chi connectivity index (χ2v) is 2.72. The van der Waals surface area contributed by atoms with Gasteiger partial charge in [-0.25, -0.2) is 0 Å². The molecule has 0 heterocycles. The number of hydrogen-bond acceptors (Lipinski definition) is 3. The Morgan fingerprint density at radius 3 is 2.31 bits per heavy atom. The first kappa shape index (κ1) is 14.7. The van der Waals surface area contributed by atoms with Crippen molar-refractivity contribution < 1.29 is 0 Å². The van der Waals surface area contributed by atoms with E-state index in [9.17, 15) is 0 Å². The Kier molecular flexibility index (Phi) is 10.4. The molecule has 0 bridgehead atoms. The summed E-state index contributed by atoms with van der Waals surface area (Å²) in [6.07, 6.45) is 8.41. The summed E-state index contributed by atoms with van der Waals surface area (Å²) < 4.78 is 0. The number of nitrogens with zero attached hydrogens (tertiary/aromatic N) is 1. The van der Waals surface area contributed by atoms with E-state index in [-0.39, 0.29) is 0 Å². The van der Waals surface area contributed by atoms with Gasteiger partial charge in [-0.1, -0.05) is 13.3 Å². The monoisotopic (exact) mass is 183 g/mol. The summed E-state index contributed by atoms with van der Waals surface area (Å²) in [6.45, 7) is 5.53. The highest BCUT2D eigenvalue weighted by molar-refractivity contribution is 5.25. The van der Waals surface area contributed by atoms with Crippen LogP contribution in [0.3, 0.4) is 0 Å². The van der Waals surface area contributed by atoms with Crippen LogP contribution in [-0.4, -0.2) is 19.4 Å². The normalized spacial score (nSPS) is 13.2. The molecule has 0 spiro atoms. The minimum Gasteiger partial charge on any atom is -0.333 e. The van der Waals surface area contributed by atoms with Crippen LogP contribution in [0.2, 0.25) is 0 Å². The van der Waals surface area contributed by atoms with Crippen LogP contribution in [0.5, 0.6) is 0 Å². The van der Waals surface area contributed by atoms with Crippen molar-refractivity contribution in [3.05, 3.63) is 0 Å². The van der Waals surface area contributed by atoms with E-state index < -0.39 is 5.66 Å². The van der Waals surface area contributed by atoms with Crippen molar-refractivity contribution in [1.82, 2.24) is 0 Å². The second kappa shape index (κ2) is 9.24. The first-order valence-corrected chi connectivity index (χ1v) is 4.46. The Morgan fingerprint density at radius 1 is 1.46 bits per heavy atom. The van der Waals surface area contributed by atoms with Gasteiger partial charge in [0.05, 0.1) is 0 Å². The third-order valence-corrected chi connectivity index (χ3v) is 1.70. The fourth-order valence-electron chi connectivity index (χ4n) is 1.00. The van der Waals surface area contributed by atoms with Crippen LogP contribution in [0.4, 0.5) is 0 Å². The van der Waals surface area contributed by atoms with E-state index in [1.807, 2.05) is 0 Å². The molecule has 0 aliphatic rings. The minimum atomic E-state index is -0.485. The summed E-state index contributed by atoms with van der Waals surface area (Å²) in [6, 6.07) is 0. The standard InChI is InChI=1S/C9H16N2.CH5N/c1-4-6-8-9(10,11-3)7-5-2;1-2/h1H,3,5-8,10H2,2H3;2H2,1H3.